The van der Waals surface area contributed by atoms with E-state index in [1.54, 1.807) is 31.4 Å². The van der Waals surface area contributed by atoms with Gasteiger partial charge in [0.05, 0.1) is 19.3 Å². The Balaban J connectivity index is 2.40. The molecule has 0 aromatic heterocycles. The first-order valence-electron chi connectivity index (χ1n) is 6.57. The zero-order valence-electron chi connectivity index (χ0n) is 12.1. The van der Waals surface area contributed by atoms with Crippen molar-refractivity contribution in [1.29, 1.82) is 5.41 Å². The van der Waals surface area contributed by atoms with Crippen LogP contribution in [0.3, 0.4) is 0 Å². The fourth-order valence-corrected chi connectivity index (χ4v) is 1.86. The van der Waals surface area contributed by atoms with E-state index in [1.165, 1.54) is 0 Å². The molecule has 2 rings (SSSR count). The highest BCUT2D eigenvalue weighted by molar-refractivity contribution is 5.98. The van der Waals surface area contributed by atoms with Crippen molar-refractivity contribution in [3.05, 3.63) is 48.0 Å². The number of rotatable bonds is 6. The molecule has 0 aliphatic heterocycles. The van der Waals surface area contributed by atoms with Crippen LogP contribution in [-0.4, -0.2) is 19.6 Å². The summed E-state index contributed by atoms with van der Waals surface area (Å²) < 4.78 is 16.6. The average molecular weight is 286 g/mol. The minimum atomic E-state index is -0.0680. The second-order valence-electron chi connectivity index (χ2n) is 4.26. The minimum absolute atomic E-state index is 0.0680. The Bertz CT molecular complexity index is 641. The van der Waals surface area contributed by atoms with Gasteiger partial charge in [-0.1, -0.05) is 12.1 Å². The van der Waals surface area contributed by atoms with Gasteiger partial charge in [-0.05, 0) is 31.2 Å². The molecule has 0 radical (unpaired) electrons. The van der Waals surface area contributed by atoms with Crippen molar-refractivity contribution < 1.29 is 14.2 Å². The standard InChI is InChI=1S/C16H18N2O3/c1-3-20-13-6-4-5-7-14(13)21-15-10-11(19-2)8-9-12(15)16(17)18/h4-10H,3H2,1-2H3,(H3,17,18). The molecule has 0 saturated carbocycles. The van der Waals surface area contributed by atoms with Crippen LogP contribution in [0.25, 0.3) is 0 Å². The van der Waals surface area contributed by atoms with Crippen LogP contribution in [0.4, 0.5) is 0 Å². The van der Waals surface area contributed by atoms with Gasteiger partial charge >= 0.3 is 0 Å². The topological polar surface area (TPSA) is 77.6 Å². The molecular formula is C16H18N2O3. The smallest absolute Gasteiger partial charge is 0.169 e. The Morgan fingerprint density at radius 3 is 2.43 bits per heavy atom. The zero-order valence-corrected chi connectivity index (χ0v) is 12.1. The summed E-state index contributed by atoms with van der Waals surface area (Å²) in [6.07, 6.45) is 0. The predicted octanol–water partition coefficient (Wildman–Crippen LogP) is 3.17. The Morgan fingerprint density at radius 2 is 1.81 bits per heavy atom. The molecule has 0 saturated heterocycles. The first-order valence-corrected chi connectivity index (χ1v) is 6.57. The molecule has 0 aliphatic carbocycles. The molecule has 21 heavy (non-hydrogen) atoms. The molecule has 0 spiro atoms. The van der Waals surface area contributed by atoms with Crippen LogP contribution in [-0.2, 0) is 0 Å². The second-order valence-corrected chi connectivity index (χ2v) is 4.26. The number of nitrogens with one attached hydrogen (secondary N) is 1. The highest BCUT2D eigenvalue weighted by Gasteiger charge is 2.12. The van der Waals surface area contributed by atoms with Crippen molar-refractivity contribution in [3.8, 4) is 23.0 Å². The van der Waals surface area contributed by atoms with Gasteiger partial charge in [-0.2, -0.15) is 0 Å². The molecule has 0 heterocycles. The summed E-state index contributed by atoms with van der Waals surface area (Å²) >= 11 is 0. The van der Waals surface area contributed by atoms with E-state index >= 15 is 0 Å². The van der Waals surface area contributed by atoms with Crippen LogP contribution in [0.5, 0.6) is 23.0 Å². The summed E-state index contributed by atoms with van der Waals surface area (Å²) in [7, 11) is 1.57. The summed E-state index contributed by atoms with van der Waals surface area (Å²) in [6.45, 7) is 2.45. The van der Waals surface area contributed by atoms with Crippen molar-refractivity contribution >= 4 is 5.84 Å². The Labute approximate surface area is 123 Å². The van der Waals surface area contributed by atoms with Crippen molar-refractivity contribution in [2.24, 2.45) is 5.73 Å². The summed E-state index contributed by atoms with van der Waals surface area (Å²) in [5.41, 5.74) is 6.09. The van der Waals surface area contributed by atoms with Gasteiger partial charge in [0.1, 0.15) is 17.3 Å². The number of nitrogens with two attached hydrogens (primary N) is 1. The molecule has 0 atom stereocenters. The molecule has 2 aromatic carbocycles. The van der Waals surface area contributed by atoms with E-state index in [4.69, 9.17) is 25.4 Å². The third kappa shape index (κ3) is 3.45. The first-order chi connectivity index (χ1) is 10.2. The largest absolute Gasteiger partial charge is 0.497 e. The number of para-hydroxylation sites is 2. The van der Waals surface area contributed by atoms with Crippen LogP contribution >= 0.6 is 0 Å². The summed E-state index contributed by atoms with van der Waals surface area (Å²) in [4.78, 5) is 0. The molecule has 0 fully saturated rings. The van der Waals surface area contributed by atoms with Gasteiger partial charge in [-0.15, -0.1) is 0 Å². The first kappa shape index (κ1) is 14.7. The van der Waals surface area contributed by atoms with E-state index in [0.29, 0.717) is 35.2 Å². The highest BCUT2D eigenvalue weighted by atomic mass is 16.5. The highest BCUT2D eigenvalue weighted by Crippen LogP contribution is 2.34. The Morgan fingerprint density at radius 1 is 1.10 bits per heavy atom. The van der Waals surface area contributed by atoms with E-state index in [2.05, 4.69) is 0 Å². The van der Waals surface area contributed by atoms with E-state index in [-0.39, 0.29) is 5.84 Å². The van der Waals surface area contributed by atoms with Gasteiger partial charge in [-0.25, -0.2) is 0 Å². The van der Waals surface area contributed by atoms with Crippen molar-refractivity contribution in [2.75, 3.05) is 13.7 Å². The molecular weight excluding hydrogens is 268 g/mol. The van der Waals surface area contributed by atoms with Crippen molar-refractivity contribution in [1.82, 2.24) is 0 Å². The van der Waals surface area contributed by atoms with Crippen LogP contribution in [0.1, 0.15) is 12.5 Å². The lowest BCUT2D eigenvalue weighted by Gasteiger charge is -2.14. The van der Waals surface area contributed by atoms with Crippen molar-refractivity contribution in [2.45, 2.75) is 6.92 Å². The van der Waals surface area contributed by atoms with Gasteiger partial charge in [0.2, 0.25) is 0 Å². The van der Waals surface area contributed by atoms with Crippen LogP contribution in [0, 0.1) is 5.41 Å². The number of methoxy groups -OCH3 is 1. The lowest BCUT2D eigenvalue weighted by atomic mass is 10.1. The number of benzene rings is 2. The maximum Gasteiger partial charge on any atom is 0.169 e. The van der Waals surface area contributed by atoms with Crippen molar-refractivity contribution in [3.63, 3.8) is 0 Å². The second kappa shape index (κ2) is 6.65. The number of nitrogen functional groups attached to an aromatic ring is 1. The minimum Gasteiger partial charge on any atom is -0.497 e. The van der Waals surface area contributed by atoms with Gasteiger partial charge < -0.3 is 19.9 Å². The fourth-order valence-electron chi connectivity index (χ4n) is 1.86. The lowest BCUT2D eigenvalue weighted by Crippen LogP contribution is -2.12. The predicted molar refractivity (Wildman–Crippen MR) is 81.7 cm³/mol. The zero-order chi connectivity index (χ0) is 15.2. The fraction of sp³-hybridized carbons (Fsp3) is 0.188. The number of ether oxygens (including phenoxy) is 3. The lowest BCUT2D eigenvalue weighted by molar-refractivity contribution is 0.321. The Hall–Kier alpha value is -2.69. The molecule has 3 N–H and O–H groups in total. The van der Waals surface area contributed by atoms with E-state index in [1.807, 2.05) is 25.1 Å². The third-order valence-corrected chi connectivity index (χ3v) is 2.85. The normalized spacial score (nSPS) is 10.0. The Kier molecular flexibility index (Phi) is 4.66. The molecule has 5 nitrogen and oxygen atoms in total. The number of hydrogen-bond acceptors (Lipinski definition) is 4. The van der Waals surface area contributed by atoms with E-state index in [0.717, 1.165) is 0 Å². The summed E-state index contributed by atoms with van der Waals surface area (Å²) in [5, 5.41) is 7.63. The molecule has 0 bridgehead atoms. The number of hydrogen-bond donors (Lipinski definition) is 2. The SMILES string of the molecule is CCOc1ccccc1Oc1cc(OC)ccc1C(=N)N. The summed E-state index contributed by atoms with van der Waals surface area (Å²) in [6, 6.07) is 12.5. The van der Waals surface area contributed by atoms with Gasteiger partial charge in [0.15, 0.2) is 11.5 Å². The summed E-state index contributed by atoms with van der Waals surface area (Å²) in [5.74, 6) is 2.21. The molecule has 0 aliphatic rings. The molecule has 0 unspecified atom stereocenters. The maximum absolute atomic E-state index is 7.63. The molecule has 2 aromatic rings. The molecule has 110 valence electrons. The van der Waals surface area contributed by atoms with Gasteiger partial charge in [0, 0.05) is 6.07 Å². The average Bonchev–Trinajstić information content (AvgIpc) is 2.49. The van der Waals surface area contributed by atoms with Gasteiger partial charge in [-0.3, -0.25) is 5.41 Å². The monoisotopic (exact) mass is 286 g/mol. The van der Waals surface area contributed by atoms with Gasteiger partial charge in [0.25, 0.3) is 0 Å². The van der Waals surface area contributed by atoms with E-state index in [9.17, 15) is 0 Å². The molecule has 0 amide bonds. The van der Waals surface area contributed by atoms with E-state index < -0.39 is 0 Å². The number of amidine groups is 1. The molecule has 5 heteroatoms. The third-order valence-electron chi connectivity index (χ3n) is 2.85. The van der Waals surface area contributed by atoms with Crippen LogP contribution in [0.2, 0.25) is 0 Å². The maximum atomic E-state index is 7.63. The van der Waals surface area contributed by atoms with Crippen LogP contribution < -0.4 is 19.9 Å². The quantitative estimate of drug-likeness (QED) is 0.631. The van der Waals surface area contributed by atoms with Crippen LogP contribution in [0.15, 0.2) is 42.5 Å².